The Morgan fingerprint density at radius 1 is 0.931 bits per heavy atom. The molecule has 0 radical (unpaired) electrons. The molecule has 2 aromatic carbocycles. The number of ether oxygens (including phenoxy) is 3. The first kappa shape index (κ1) is 19.7. The normalized spacial score (nSPS) is 14.4. The Morgan fingerprint density at radius 2 is 1.69 bits per heavy atom. The Kier molecular flexibility index (Phi) is 6.02. The van der Waals surface area contributed by atoms with Gasteiger partial charge in [-0.15, -0.1) is 11.3 Å². The molecule has 1 aliphatic carbocycles. The molecule has 29 heavy (non-hydrogen) atoms. The summed E-state index contributed by atoms with van der Waals surface area (Å²) in [5, 5.41) is 3.20. The summed E-state index contributed by atoms with van der Waals surface area (Å²) in [5.41, 5.74) is 3.54. The highest BCUT2D eigenvalue weighted by Gasteiger charge is 2.33. The van der Waals surface area contributed by atoms with Gasteiger partial charge in [-0.25, -0.2) is 4.98 Å². The number of quaternary nitrogens is 1. The molecule has 5 nitrogen and oxygen atoms in total. The average Bonchev–Trinajstić information content (AvgIpc) is 3.52. The van der Waals surface area contributed by atoms with E-state index in [0.717, 1.165) is 52.6 Å². The number of thiazole rings is 1. The zero-order chi connectivity index (χ0) is 20.2. The molecule has 1 heterocycles. The molecule has 1 aromatic heterocycles. The summed E-state index contributed by atoms with van der Waals surface area (Å²) in [6, 6.07) is 15.1. The van der Waals surface area contributed by atoms with E-state index in [-0.39, 0.29) is 0 Å². The molecule has 1 unspecified atom stereocenters. The number of benzene rings is 2. The number of nitrogens with one attached hydrogen (secondary N) is 1. The minimum Gasteiger partial charge on any atom is -0.497 e. The molecule has 0 spiro atoms. The van der Waals surface area contributed by atoms with E-state index >= 15 is 0 Å². The van der Waals surface area contributed by atoms with Crippen LogP contribution >= 0.6 is 11.3 Å². The lowest BCUT2D eigenvalue weighted by atomic mass is 10.2. The van der Waals surface area contributed by atoms with Gasteiger partial charge >= 0.3 is 0 Å². The Morgan fingerprint density at radius 3 is 2.34 bits per heavy atom. The quantitative estimate of drug-likeness (QED) is 0.585. The summed E-state index contributed by atoms with van der Waals surface area (Å²) in [5.74, 6) is 2.36. The number of hydrogen-bond donors (Lipinski definition) is 1. The van der Waals surface area contributed by atoms with Crippen LogP contribution in [0.1, 0.15) is 24.1 Å². The summed E-state index contributed by atoms with van der Waals surface area (Å²) < 4.78 is 16.0. The van der Waals surface area contributed by atoms with E-state index in [9.17, 15) is 0 Å². The first-order valence-electron chi connectivity index (χ1n) is 9.84. The van der Waals surface area contributed by atoms with Gasteiger partial charge in [-0.05, 0) is 42.5 Å². The predicted octanol–water partition coefficient (Wildman–Crippen LogP) is 3.58. The van der Waals surface area contributed by atoms with E-state index < -0.39 is 0 Å². The smallest absolute Gasteiger partial charge is 0.161 e. The Balaban J connectivity index is 1.48. The molecule has 1 aliphatic rings. The SMILES string of the molecule is COc1ccc(C[NH+](Cc2csc(-c3ccc(OC)c(OC)c3)n2)C2CC2)cc1. The number of methoxy groups -OCH3 is 3. The number of nitrogens with zero attached hydrogens (tertiary/aromatic N) is 1. The maximum atomic E-state index is 5.43. The fourth-order valence-corrected chi connectivity index (χ4v) is 4.39. The maximum Gasteiger partial charge on any atom is 0.161 e. The fourth-order valence-electron chi connectivity index (χ4n) is 3.57. The summed E-state index contributed by atoms with van der Waals surface area (Å²) >= 11 is 1.68. The predicted molar refractivity (Wildman–Crippen MR) is 115 cm³/mol. The van der Waals surface area contributed by atoms with Crippen molar-refractivity contribution in [2.75, 3.05) is 21.3 Å². The Hall–Kier alpha value is -2.57. The molecule has 1 N–H and O–H groups in total. The van der Waals surface area contributed by atoms with Crippen LogP contribution in [-0.4, -0.2) is 32.4 Å². The van der Waals surface area contributed by atoms with E-state index in [2.05, 4.69) is 17.5 Å². The van der Waals surface area contributed by atoms with E-state index in [1.807, 2.05) is 30.3 Å². The van der Waals surface area contributed by atoms with Crippen LogP contribution in [0.5, 0.6) is 17.2 Å². The van der Waals surface area contributed by atoms with Gasteiger partial charge in [0.1, 0.15) is 29.5 Å². The molecule has 4 rings (SSSR count). The van der Waals surface area contributed by atoms with E-state index in [1.165, 1.54) is 18.4 Å². The minimum atomic E-state index is 0.728. The largest absolute Gasteiger partial charge is 0.497 e. The third kappa shape index (κ3) is 4.71. The van der Waals surface area contributed by atoms with Crippen LogP contribution in [0, 0.1) is 0 Å². The van der Waals surface area contributed by atoms with Gasteiger partial charge < -0.3 is 19.1 Å². The molecular weight excluding hydrogens is 384 g/mol. The van der Waals surface area contributed by atoms with Crippen LogP contribution < -0.4 is 19.1 Å². The number of aromatic nitrogens is 1. The van der Waals surface area contributed by atoms with Crippen LogP contribution in [0.25, 0.3) is 10.6 Å². The molecule has 3 aromatic rings. The molecule has 6 heteroatoms. The van der Waals surface area contributed by atoms with E-state index in [4.69, 9.17) is 19.2 Å². The van der Waals surface area contributed by atoms with Gasteiger partial charge in [-0.3, -0.25) is 0 Å². The molecule has 1 saturated carbocycles. The van der Waals surface area contributed by atoms with Gasteiger partial charge in [0, 0.05) is 29.3 Å². The van der Waals surface area contributed by atoms with Crippen molar-refractivity contribution >= 4 is 11.3 Å². The van der Waals surface area contributed by atoms with Gasteiger partial charge in [0.15, 0.2) is 11.5 Å². The molecule has 0 saturated heterocycles. The third-order valence-corrected chi connectivity index (χ3v) is 6.28. The Bertz CT molecular complexity index is 951. The summed E-state index contributed by atoms with van der Waals surface area (Å²) in [7, 11) is 5.01. The summed E-state index contributed by atoms with van der Waals surface area (Å²) in [6.07, 6.45) is 2.61. The lowest BCUT2D eigenvalue weighted by molar-refractivity contribution is -0.938. The molecule has 0 amide bonds. The summed E-state index contributed by atoms with van der Waals surface area (Å²) in [4.78, 5) is 6.49. The van der Waals surface area contributed by atoms with Gasteiger partial charge in [-0.2, -0.15) is 0 Å². The highest BCUT2D eigenvalue weighted by molar-refractivity contribution is 7.13. The average molecular weight is 412 g/mol. The monoisotopic (exact) mass is 411 g/mol. The second-order valence-electron chi connectivity index (χ2n) is 7.35. The second kappa shape index (κ2) is 8.84. The lowest BCUT2D eigenvalue weighted by Crippen LogP contribution is -3.10. The lowest BCUT2D eigenvalue weighted by Gasteiger charge is -2.18. The van der Waals surface area contributed by atoms with Crippen LogP contribution in [-0.2, 0) is 13.1 Å². The van der Waals surface area contributed by atoms with Crippen molar-refractivity contribution in [3.8, 4) is 27.8 Å². The van der Waals surface area contributed by atoms with Crippen molar-refractivity contribution in [1.82, 2.24) is 4.98 Å². The fraction of sp³-hybridized carbons (Fsp3) is 0.348. The number of rotatable bonds is 9. The zero-order valence-corrected chi connectivity index (χ0v) is 17.9. The van der Waals surface area contributed by atoms with E-state index in [0.29, 0.717) is 0 Å². The van der Waals surface area contributed by atoms with Gasteiger partial charge in [0.05, 0.1) is 27.4 Å². The molecular formula is C23H27N2O3S+. The van der Waals surface area contributed by atoms with Crippen LogP contribution in [0.15, 0.2) is 47.8 Å². The maximum absolute atomic E-state index is 5.43. The van der Waals surface area contributed by atoms with Crippen molar-refractivity contribution in [3.05, 3.63) is 59.1 Å². The molecule has 0 aliphatic heterocycles. The highest BCUT2D eigenvalue weighted by atomic mass is 32.1. The first-order chi connectivity index (χ1) is 14.2. The van der Waals surface area contributed by atoms with Crippen molar-refractivity contribution in [1.29, 1.82) is 0 Å². The van der Waals surface area contributed by atoms with Crippen molar-refractivity contribution < 1.29 is 19.1 Å². The van der Waals surface area contributed by atoms with Gasteiger partial charge in [0.25, 0.3) is 0 Å². The highest BCUT2D eigenvalue weighted by Crippen LogP contribution is 2.33. The summed E-state index contributed by atoms with van der Waals surface area (Å²) in [6.45, 7) is 1.96. The first-order valence-corrected chi connectivity index (χ1v) is 10.7. The second-order valence-corrected chi connectivity index (χ2v) is 8.21. The molecule has 1 fully saturated rings. The van der Waals surface area contributed by atoms with Crippen molar-refractivity contribution in [2.45, 2.75) is 32.0 Å². The molecule has 0 bridgehead atoms. The Labute approximate surface area is 175 Å². The molecule has 152 valence electrons. The minimum absolute atomic E-state index is 0.728. The molecule has 1 atom stereocenters. The van der Waals surface area contributed by atoms with Crippen LogP contribution in [0.4, 0.5) is 0 Å². The van der Waals surface area contributed by atoms with E-state index in [1.54, 1.807) is 37.6 Å². The van der Waals surface area contributed by atoms with Crippen molar-refractivity contribution in [3.63, 3.8) is 0 Å². The standard InChI is InChI=1S/C23H26N2O3S/c1-26-20-9-4-16(5-10-20)13-25(19-7-8-19)14-18-15-29-23(24-18)17-6-11-21(27-2)22(12-17)28-3/h4-6,9-12,15,19H,7-8,13-14H2,1-3H3/p+1. The topological polar surface area (TPSA) is 45.0 Å². The van der Waals surface area contributed by atoms with Crippen LogP contribution in [0.3, 0.4) is 0 Å². The van der Waals surface area contributed by atoms with Crippen molar-refractivity contribution in [2.24, 2.45) is 0 Å². The number of hydrogen-bond acceptors (Lipinski definition) is 5. The van der Waals surface area contributed by atoms with Gasteiger partial charge in [0.2, 0.25) is 0 Å². The zero-order valence-electron chi connectivity index (χ0n) is 17.1. The third-order valence-electron chi connectivity index (χ3n) is 5.34. The van der Waals surface area contributed by atoms with Crippen LogP contribution in [0.2, 0.25) is 0 Å². The van der Waals surface area contributed by atoms with Gasteiger partial charge in [-0.1, -0.05) is 0 Å².